The smallest absolute Gasteiger partial charge is 0.0605 e. The fourth-order valence-electron chi connectivity index (χ4n) is 0.986. The number of rotatable bonds is 1. The summed E-state index contributed by atoms with van der Waals surface area (Å²) in [5, 5.41) is 4.06. The van der Waals surface area contributed by atoms with Crippen LogP contribution in [-0.4, -0.2) is 12.8 Å². The number of hydrazone groups is 1. The standard InChI is InChI=1S/C7H12N2/c1-6-3-4-7(5-6)9-8-2/h5,8H,3-4H2,1-2H3/b9-7+. The summed E-state index contributed by atoms with van der Waals surface area (Å²) < 4.78 is 0. The van der Waals surface area contributed by atoms with Gasteiger partial charge in [0.15, 0.2) is 0 Å². The first kappa shape index (κ1) is 6.33. The average Bonchev–Trinajstić information content (AvgIpc) is 2.17. The van der Waals surface area contributed by atoms with Crippen LogP contribution < -0.4 is 5.43 Å². The summed E-state index contributed by atoms with van der Waals surface area (Å²) in [6, 6.07) is 0. The third-order valence-corrected chi connectivity index (χ3v) is 1.44. The zero-order valence-corrected chi connectivity index (χ0v) is 5.94. The summed E-state index contributed by atoms with van der Waals surface area (Å²) in [5.74, 6) is 0. The highest BCUT2D eigenvalue weighted by molar-refractivity contribution is 5.97. The molecule has 0 amide bonds. The van der Waals surface area contributed by atoms with E-state index in [0.717, 1.165) is 6.42 Å². The number of nitrogens with zero attached hydrogens (tertiary/aromatic N) is 1. The van der Waals surface area contributed by atoms with Gasteiger partial charge in [0, 0.05) is 7.05 Å². The van der Waals surface area contributed by atoms with E-state index in [-0.39, 0.29) is 0 Å². The number of hydrogen-bond donors (Lipinski definition) is 1. The summed E-state index contributed by atoms with van der Waals surface area (Å²) in [5.41, 5.74) is 5.38. The third kappa shape index (κ3) is 1.56. The Balaban J connectivity index is 2.57. The van der Waals surface area contributed by atoms with Crippen molar-refractivity contribution in [1.82, 2.24) is 5.43 Å². The van der Waals surface area contributed by atoms with E-state index in [1.165, 1.54) is 17.7 Å². The van der Waals surface area contributed by atoms with Gasteiger partial charge < -0.3 is 5.43 Å². The highest BCUT2D eigenvalue weighted by atomic mass is 15.3. The van der Waals surface area contributed by atoms with Crippen LogP contribution in [0.2, 0.25) is 0 Å². The Bertz CT molecular complexity index is 156. The lowest BCUT2D eigenvalue weighted by Crippen LogP contribution is -1.99. The molecule has 1 aliphatic carbocycles. The molecule has 0 aliphatic heterocycles. The van der Waals surface area contributed by atoms with E-state index in [1.807, 2.05) is 7.05 Å². The van der Waals surface area contributed by atoms with Gasteiger partial charge in [-0.25, -0.2) is 0 Å². The molecule has 2 nitrogen and oxygen atoms in total. The lowest BCUT2D eigenvalue weighted by atomic mass is 10.3. The van der Waals surface area contributed by atoms with Crippen molar-refractivity contribution in [3.8, 4) is 0 Å². The highest BCUT2D eigenvalue weighted by Gasteiger charge is 2.04. The summed E-state index contributed by atoms with van der Waals surface area (Å²) >= 11 is 0. The molecule has 0 radical (unpaired) electrons. The first-order chi connectivity index (χ1) is 4.33. The fraction of sp³-hybridized carbons (Fsp3) is 0.571. The summed E-state index contributed by atoms with van der Waals surface area (Å²) in [6.07, 6.45) is 4.42. The zero-order valence-electron chi connectivity index (χ0n) is 5.94. The lowest BCUT2D eigenvalue weighted by molar-refractivity contribution is 0.892. The molecule has 0 aromatic carbocycles. The lowest BCUT2D eigenvalue weighted by Gasteiger charge is -1.89. The van der Waals surface area contributed by atoms with Crippen LogP contribution in [0.1, 0.15) is 19.8 Å². The van der Waals surface area contributed by atoms with Crippen molar-refractivity contribution in [2.75, 3.05) is 7.05 Å². The van der Waals surface area contributed by atoms with E-state index >= 15 is 0 Å². The van der Waals surface area contributed by atoms with Gasteiger partial charge in [-0.1, -0.05) is 5.57 Å². The maximum Gasteiger partial charge on any atom is 0.0605 e. The van der Waals surface area contributed by atoms with Gasteiger partial charge in [-0.15, -0.1) is 0 Å². The van der Waals surface area contributed by atoms with Crippen molar-refractivity contribution in [3.63, 3.8) is 0 Å². The molecule has 0 heterocycles. The number of nitrogens with one attached hydrogen (secondary N) is 1. The molecule has 1 N–H and O–H groups in total. The van der Waals surface area contributed by atoms with Crippen LogP contribution in [0.5, 0.6) is 0 Å². The fourth-order valence-corrected chi connectivity index (χ4v) is 0.986. The molecule has 0 spiro atoms. The van der Waals surface area contributed by atoms with Gasteiger partial charge in [0.05, 0.1) is 5.71 Å². The van der Waals surface area contributed by atoms with Crippen LogP contribution >= 0.6 is 0 Å². The largest absolute Gasteiger partial charge is 0.313 e. The molecule has 0 saturated heterocycles. The molecule has 1 rings (SSSR count). The summed E-state index contributed by atoms with van der Waals surface area (Å²) in [7, 11) is 1.83. The van der Waals surface area contributed by atoms with Crippen molar-refractivity contribution >= 4 is 5.71 Å². The Labute approximate surface area is 55.6 Å². The number of hydrogen-bond acceptors (Lipinski definition) is 2. The molecule has 0 aromatic heterocycles. The van der Waals surface area contributed by atoms with Crippen LogP contribution in [0, 0.1) is 0 Å². The monoisotopic (exact) mass is 124 g/mol. The minimum absolute atomic E-state index is 1.10. The van der Waals surface area contributed by atoms with E-state index in [0.29, 0.717) is 0 Å². The topological polar surface area (TPSA) is 24.4 Å². The second-order valence-corrected chi connectivity index (χ2v) is 2.32. The molecule has 0 fully saturated rings. The predicted molar refractivity (Wildman–Crippen MR) is 39.5 cm³/mol. The van der Waals surface area contributed by atoms with E-state index in [4.69, 9.17) is 0 Å². The van der Waals surface area contributed by atoms with Gasteiger partial charge in [-0.3, -0.25) is 0 Å². The second kappa shape index (κ2) is 2.67. The maximum atomic E-state index is 4.06. The van der Waals surface area contributed by atoms with Crippen molar-refractivity contribution in [1.29, 1.82) is 0 Å². The average molecular weight is 124 g/mol. The molecule has 0 saturated carbocycles. The minimum Gasteiger partial charge on any atom is -0.313 e. The van der Waals surface area contributed by atoms with Gasteiger partial charge in [0.1, 0.15) is 0 Å². The first-order valence-electron chi connectivity index (χ1n) is 3.23. The molecule has 0 atom stereocenters. The van der Waals surface area contributed by atoms with Crippen molar-refractivity contribution < 1.29 is 0 Å². The summed E-state index contributed by atoms with van der Waals surface area (Å²) in [6.45, 7) is 2.14. The third-order valence-electron chi connectivity index (χ3n) is 1.44. The van der Waals surface area contributed by atoms with Crippen LogP contribution in [0.4, 0.5) is 0 Å². The van der Waals surface area contributed by atoms with Crippen LogP contribution in [0.15, 0.2) is 16.8 Å². The highest BCUT2D eigenvalue weighted by Crippen LogP contribution is 2.13. The normalized spacial score (nSPS) is 22.4. The molecule has 0 unspecified atom stereocenters. The van der Waals surface area contributed by atoms with Gasteiger partial charge in [0.2, 0.25) is 0 Å². The first-order valence-corrected chi connectivity index (χ1v) is 3.23. The van der Waals surface area contributed by atoms with Crippen LogP contribution in [0.25, 0.3) is 0 Å². The molecule has 0 bridgehead atoms. The van der Waals surface area contributed by atoms with Crippen molar-refractivity contribution in [3.05, 3.63) is 11.6 Å². The van der Waals surface area contributed by atoms with E-state index < -0.39 is 0 Å². The molecule has 2 heteroatoms. The van der Waals surface area contributed by atoms with Gasteiger partial charge in [0.25, 0.3) is 0 Å². The Morgan fingerprint density at radius 3 is 2.78 bits per heavy atom. The zero-order chi connectivity index (χ0) is 6.69. The molecule has 1 aliphatic rings. The second-order valence-electron chi connectivity index (χ2n) is 2.32. The molecule has 50 valence electrons. The molecular formula is C7H12N2. The Morgan fingerprint density at radius 1 is 1.56 bits per heavy atom. The van der Waals surface area contributed by atoms with E-state index in [1.54, 1.807) is 0 Å². The molecule has 0 aromatic rings. The van der Waals surface area contributed by atoms with Crippen LogP contribution in [-0.2, 0) is 0 Å². The van der Waals surface area contributed by atoms with Gasteiger partial charge in [-0.05, 0) is 25.8 Å². The van der Waals surface area contributed by atoms with E-state index in [9.17, 15) is 0 Å². The molecular weight excluding hydrogens is 112 g/mol. The quantitative estimate of drug-likeness (QED) is 0.523. The Morgan fingerprint density at radius 2 is 2.33 bits per heavy atom. The van der Waals surface area contributed by atoms with E-state index in [2.05, 4.69) is 23.5 Å². The van der Waals surface area contributed by atoms with Gasteiger partial charge >= 0.3 is 0 Å². The van der Waals surface area contributed by atoms with Crippen LogP contribution in [0.3, 0.4) is 0 Å². The van der Waals surface area contributed by atoms with Crippen molar-refractivity contribution in [2.24, 2.45) is 5.10 Å². The molecule has 9 heavy (non-hydrogen) atoms. The maximum absolute atomic E-state index is 4.06. The van der Waals surface area contributed by atoms with Gasteiger partial charge in [-0.2, -0.15) is 5.10 Å². The Kier molecular flexibility index (Phi) is 1.88. The minimum atomic E-state index is 1.10. The van der Waals surface area contributed by atoms with Crippen molar-refractivity contribution in [2.45, 2.75) is 19.8 Å². The SMILES string of the molecule is CN/N=C1/C=C(C)CC1. The Hall–Kier alpha value is -0.790. The predicted octanol–water partition coefficient (Wildman–Crippen LogP) is 1.30. The summed E-state index contributed by atoms with van der Waals surface area (Å²) in [4.78, 5) is 0. The number of allylic oxidation sites excluding steroid dienone is 2.